The molecule has 0 unspecified atom stereocenters. The third-order valence-corrected chi connectivity index (χ3v) is 4.12. The Bertz CT molecular complexity index is 233. The van der Waals surface area contributed by atoms with Crippen molar-refractivity contribution in [3.8, 4) is 0 Å². The Morgan fingerprint density at radius 1 is 1.29 bits per heavy atom. The average molecular weight is 246 g/mol. The Hall–Kier alpha value is -0.160. The van der Waals surface area contributed by atoms with E-state index in [4.69, 9.17) is 9.84 Å². The molecule has 1 heterocycles. The van der Waals surface area contributed by atoms with Crippen molar-refractivity contribution in [1.82, 2.24) is 0 Å². The van der Waals surface area contributed by atoms with E-state index in [1.807, 2.05) is 27.7 Å². The quantitative estimate of drug-likeness (QED) is 0.681. The molecule has 7 atom stereocenters. The molecule has 1 fully saturated rings. The van der Waals surface area contributed by atoms with E-state index in [1.54, 1.807) is 0 Å². The van der Waals surface area contributed by atoms with Crippen LogP contribution in [-0.2, 0) is 4.74 Å². The molecule has 0 spiro atoms. The highest BCUT2D eigenvalue weighted by atomic mass is 16.5. The van der Waals surface area contributed by atoms with Crippen molar-refractivity contribution in [1.29, 1.82) is 0 Å². The van der Waals surface area contributed by atoms with Gasteiger partial charge in [-0.05, 0) is 0 Å². The maximum Gasteiger partial charge on any atom is 0.0675 e. The molecule has 1 aliphatic heterocycles. The van der Waals surface area contributed by atoms with Crippen molar-refractivity contribution in [2.75, 3.05) is 13.2 Å². The summed E-state index contributed by atoms with van der Waals surface area (Å²) in [4.78, 5) is 0. The molecular formula is C13H26O4. The number of hydrogen-bond donors (Lipinski definition) is 3. The van der Waals surface area contributed by atoms with Crippen LogP contribution in [0.1, 0.15) is 27.7 Å². The second-order valence-corrected chi connectivity index (χ2v) is 5.63. The van der Waals surface area contributed by atoms with E-state index in [9.17, 15) is 10.2 Å². The van der Waals surface area contributed by atoms with Crippen molar-refractivity contribution in [2.45, 2.75) is 46.0 Å². The number of aliphatic hydroxyl groups excluding tert-OH is 3. The van der Waals surface area contributed by atoms with E-state index < -0.39 is 6.10 Å². The molecule has 0 aromatic carbocycles. The molecule has 4 nitrogen and oxygen atoms in total. The van der Waals surface area contributed by atoms with Crippen LogP contribution in [0, 0.1) is 23.7 Å². The number of rotatable bonds is 4. The second kappa shape index (κ2) is 6.14. The van der Waals surface area contributed by atoms with Crippen molar-refractivity contribution >= 4 is 0 Å². The van der Waals surface area contributed by atoms with Gasteiger partial charge in [-0.1, -0.05) is 27.7 Å². The summed E-state index contributed by atoms with van der Waals surface area (Å²) >= 11 is 0. The summed E-state index contributed by atoms with van der Waals surface area (Å²) in [6.07, 6.45) is -1.13. The first-order valence-corrected chi connectivity index (χ1v) is 6.48. The Kier molecular flexibility index (Phi) is 5.38. The SMILES string of the molecule is C[C@H]([C@H](O)[C@H](C)CO)[C@@H]1OC[C@@H](C)[C@@H](O)[C@H]1C. The van der Waals surface area contributed by atoms with Crippen LogP contribution in [0.15, 0.2) is 0 Å². The Morgan fingerprint density at radius 2 is 1.88 bits per heavy atom. The summed E-state index contributed by atoms with van der Waals surface area (Å²) < 4.78 is 5.75. The third-order valence-electron chi connectivity index (χ3n) is 4.12. The van der Waals surface area contributed by atoms with Crippen molar-refractivity contribution < 1.29 is 20.1 Å². The topological polar surface area (TPSA) is 69.9 Å². The Morgan fingerprint density at radius 3 is 2.41 bits per heavy atom. The lowest BCUT2D eigenvalue weighted by Gasteiger charge is -2.42. The van der Waals surface area contributed by atoms with Crippen LogP contribution in [0.5, 0.6) is 0 Å². The lowest BCUT2D eigenvalue weighted by atomic mass is 9.78. The maximum atomic E-state index is 10.1. The predicted molar refractivity (Wildman–Crippen MR) is 65.5 cm³/mol. The van der Waals surface area contributed by atoms with Gasteiger partial charge in [-0.3, -0.25) is 0 Å². The maximum absolute atomic E-state index is 10.1. The van der Waals surface area contributed by atoms with Crippen molar-refractivity contribution in [3.63, 3.8) is 0 Å². The fourth-order valence-electron chi connectivity index (χ4n) is 2.68. The van der Waals surface area contributed by atoms with Gasteiger partial charge in [0.15, 0.2) is 0 Å². The molecule has 0 bridgehead atoms. The summed E-state index contributed by atoms with van der Waals surface area (Å²) in [5.41, 5.74) is 0. The van der Waals surface area contributed by atoms with Crippen LogP contribution < -0.4 is 0 Å². The summed E-state index contributed by atoms with van der Waals surface area (Å²) in [7, 11) is 0. The molecule has 3 N–H and O–H groups in total. The number of ether oxygens (including phenoxy) is 1. The van der Waals surface area contributed by atoms with E-state index >= 15 is 0 Å². The van der Waals surface area contributed by atoms with Crippen LogP contribution in [0.2, 0.25) is 0 Å². The van der Waals surface area contributed by atoms with Gasteiger partial charge in [-0.15, -0.1) is 0 Å². The Balaban J connectivity index is 2.66. The normalized spacial score (nSPS) is 39.7. The highest BCUT2D eigenvalue weighted by molar-refractivity contribution is 4.88. The predicted octanol–water partition coefficient (Wildman–Crippen LogP) is 0.644. The Labute approximate surface area is 104 Å². The minimum Gasteiger partial charge on any atom is -0.396 e. The second-order valence-electron chi connectivity index (χ2n) is 5.63. The smallest absolute Gasteiger partial charge is 0.0675 e. The number of aliphatic hydroxyl groups is 3. The molecule has 102 valence electrons. The molecule has 0 amide bonds. The van der Waals surface area contributed by atoms with Gasteiger partial charge in [-0.25, -0.2) is 0 Å². The molecule has 17 heavy (non-hydrogen) atoms. The molecule has 1 rings (SSSR count). The van der Waals surface area contributed by atoms with Crippen molar-refractivity contribution in [3.05, 3.63) is 0 Å². The lowest BCUT2D eigenvalue weighted by molar-refractivity contribution is -0.155. The summed E-state index contributed by atoms with van der Waals surface area (Å²) in [5.74, 6) is -0.109. The molecule has 0 aromatic heterocycles. The zero-order valence-electron chi connectivity index (χ0n) is 11.2. The first-order chi connectivity index (χ1) is 7.90. The first kappa shape index (κ1) is 14.9. The van der Waals surface area contributed by atoms with Crippen LogP contribution in [-0.4, -0.2) is 46.8 Å². The molecule has 0 aromatic rings. The fraction of sp³-hybridized carbons (Fsp3) is 1.00. The van der Waals surface area contributed by atoms with E-state index in [2.05, 4.69) is 0 Å². The van der Waals surface area contributed by atoms with Gasteiger partial charge in [0, 0.05) is 30.3 Å². The van der Waals surface area contributed by atoms with Gasteiger partial charge in [0.1, 0.15) is 0 Å². The minimum absolute atomic E-state index is 0.00860. The molecular weight excluding hydrogens is 220 g/mol. The largest absolute Gasteiger partial charge is 0.396 e. The van der Waals surface area contributed by atoms with E-state index in [0.29, 0.717) is 6.61 Å². The van der Waals surface area contributed by atoms with Gasteiger partial charge < -0.3 is 20.1 Å². The van der Waals surface area contributed by atoms with Crippen molar-refractivity contribution in [2.24, 2.45) is 23.7 Å². The summed E-state index contributed by atoms with van der Waals surface area (Å²) in [6, 6.07) is 0. The highest BCUT2D eigenvalue weighted by Crippen LogP contribution is 2.32. The van der Waals surface area contributed by atoms with Crippen LogP contribution >= 0.6 is 0 Å². The van der Waals surface area contributed by atoms with Gasteiger partial charge in [0.25, 0.3) is 0 Å². The zero-order chi connectivity index (χ0) is 13.2. The molecule has 4 heteroatoms. The fourth-order valence-corrected chi connectivity index (χ4v) is 2.68. The zero-order valence-corrected chi connectivity index (χ0v) is 11.2. The molecule has 0 aliphatic carbocycles. The highest BCUT2D eigenvalue weighted by Gasteiger charge is 2.40. The van der Waals surface area contributed by atoms with E-state index in [0.717, 1.165) is 0 Å². The van der Waals surface area contributed by atoms with Crippen LogP contribution in [0.3, 0.4) is 0 Å². The molecule has 1 saturated heterocycles. The van der Waals surface area contributed by atoms with E-state index in [-0.39, 0.29) is 42.5 Å². The standard InChI is InChI=1S/C13H26O4/c1-7(5-14)11(15)9(3)13-10(4)12(16)8(2)6-17-13/h7-16H,5-6H2,1-4H3/t7-,8-,9-,10-,11-,12-,13+/m1/s1. The van der Waals surface area contributed by atoms with Crippen LogP contribution in [0.4, 0.5) is 0 Å². The number of hydrogen-bond acceptors (Lipinski definition) is 4. The van der Waals surface area contributed by atoms with Gasteiger partial charge in [0.2, 0.25) is 0 Å². The van der Waals surface area contributed by atoms with Gasteiger partial charge in [0.05, 0.1) is 24.9 Å². The van der Waals surface area contributed by atoms with E-state index in [1.165, 1.54) is 0 Å². The van der Waals surface area contributed by atoms with Crippen LogP contribution in [0.25, 0.3) is 0 Å². The molecule has 0 saturated carbocycles. The minimum atomic E-state index is -0.604. The average Bonchev–Trinajstić information content (AvgIpc) is 2.33. The monoisotopic (exact) mass is 246 g/mol. The first-order valence-electron chi connectivity index (χ1n) is 6.48. The third kappa shape index (κ3) is 3.19. The lowest BCUT2D eigenvalue weighted by Crippen LogP contribution is -2.49. The summed E-state index contributed by atoms with van der Waals surface area (Å²) in [6.45, 7) is 8.15. The summed E-state index contributed by atoms with van der Waals surface area (Å²) in [5, 5.41) is 29.2. The molecule has 1 aliphatic rings. The van der Waals surface area contributed by atoms with Gasteiger partial charge >= 0.3 is 0 Å². The van der Waals surface area contributed by atoms with Gasteiger partial charge in [-0.2, -0.15) is 0 Å². The molecule has 0 radical (unpaired) electrons.